The zero-order valence-corrected chi connectivity index (χ0v) is 12.0. The number of hydrogen-bond donors (Lipinski definition) is 1. The van der Waals surface area contributed by atoms with Crippen LogP contribution in [-0.2, 0) is 10.9 Å². The van der Waals surface area contributed by atoms with Crippen molar-refractivity contribution < 1.29 is 27.5 Å². The molecule has 7 heteroatoms. The quantitative estimate of drug-likeness (QED) is 0.681. The van der Waals surface area contributed by atoms with Gasteiger partial charge in [-0.25, -0.2) is 4.79 Å². The fourth-order valence-corrected chi connectivity index (χ4v) is 2.06. The SMILES string of the molecule is COC(=O)c1ccccc1Nc1c(C=O)cccc1C(F)(F)F. The Labute approximate surface area is 129 Å². The van der Waals surface area contributed by atoms with Gasteiger partial charge in [0.1, 0.15) is 0 Å². The molecule has 0 amide bonds. The molecule has 0 atom stereocenters. The third kappa shape index (κ3) is 3.50. The molecule has 0 fully saturated rings. The van der Waals surface area contributed by atoms with E-state index in [2.05, 4.69) is 10.1 Å². The summed E-state index contributed by atoms with van der Waals surface area (Å²) in [5.74, 6) is -0.703. The van der Waals surface area contributed by atoms with Gasteiger partial charge in [-0.3, -0.25) is 4.79 Å². The van der Waals surface area contributed by atoms with Gasteiger partial charge in [0.2, 0.25) is 0 Å². The first-order valence-corrected chi connectivity index (χ1v) is 6.48. The molecule has 1 N–H and O–H groups in total. The van der Waals surface area contributed by atoms with Gasteiger partial charge in [-0.15, -0.1) is 0 Å². The molecule has 0 saturated heterocycles. The number of carbonyl (C=O) groups excluding carboxylic acids is 2. The van der Waals surface area contributed by atoms with Gasteiger partial charge in [-0.1, -0.05) is 18.2 Å². The Morgan fingerprint density at radius 1 is 1.13 bits per heavy atom. The van der Waals surface area contributed by atoms with Crippen LogP contribution in [0.1, 0.15) is 26.3 Å². The fourth-order valence-electron chi connectivity index (χ4n) is 2.06. The molecule has 0 radical (unpaired) electrons. The minimum absolute atomic E-state index is 0.0591. The zero-order chi connectivity index (χ0) is 17.0. The molecule has 0 aromatic heterocycles. The number of carbonyl (C=O) groups is 2. The summed E-state index contributed by atoms with van der Waals surface area (Å²) in [6, 6.07) is 9.18. The number of esters is 1. The van der Waals surface area contributed by atoms with E-state index < -0.39 is 23.4 Å². The fraction of sp³-hybridized carbons (Fsp3) is 0.125. The molecule has 2 aromatic carbocycles. The first kappa shape index (κ1) is 16.5. The Kier molecular flexibility index (Phi) is 4.68. The molecule has 0 bridgehead atoms. The largest absolute Gasteiger partial charge is 0.465 e. The molecule has 0 aliphatic heterocycles. The smallest absolute Gasteiger partial charge is 0.418 e. The standard InChI is InChI=1S/C16H12F3NO3/c1-23-15(22)11-6-2-3-8-13(11)20-14-10(9-21)5-4-7-12(14)16(17,18)19/h2-9,20H,1H3. The molecule has 0 spiro atoms. The molecular formula is C16H12F3NO3. The average molecular weight is 323 g/mol. The van der Waals surface area contributed by atoms with Crippen LogP contribution in [0.5, 0.6) is 0 Å². The number of nitrogens with one attached hydrogen (secondary N) is 1. The highest BCUT2D eigenvalue weighted by Crippen LogP contribution is 2.38. The van der Waals surface area contributed by atoms with Crippen molar-refractivity contribution in [3.05, 3.63) is 59.2 Å². The summed E-state index contributed by atoms with van der Waals surface area (Å²) in [6.45, 7) is 0. The van der Waals surface area contributed by atoms with Crippen molar-refractivity contribution in [3.8, 4) is 0 Å². The molecular weight excluding hydrogens is 311 g/mol. The molecule has 2 aromatic rings. The van der Waals surface area contributed by atoms with Crippen LogP contribution >= 0.6 is 0 Å². The number of hydrogen-bond acceptors (Lipinski definition) is 4. The predicted molar refractivity (Wildman–Crippen MR) is 77.9 cm³/mol. The summed E-state index contributed by atoms with van der Waals surface area (Å²) in [4.78, 5) is 22.8. The highest BCUT2D eigenvalue weighted by molar-refractivity contribution is 5.98. The van der Waals surface area contributed by atoms with Gasteiger partial charge >= 0.3 is 12.1 Å². The van der Waals surface area contributed by atoms with Crippen LogP contribution in [0.2, 0.25) is 0 Å². The van der Waals surface area contributed by atoms with Crippen molar-refractivity contribution in [2.75, 3.05) is 12.4 Å². The maximum Gasteiger partial charge on any atom is 0.418 e. The number of alkyl halides is 3. The van der Waals surface area contributed by atoms with Gasteiger partial charge in [-0.05, 0) is 24.3 Å². The second kappa shape index (κ2) is 6.51. The Balaban J connectivity index is 2.57. The summed E-state index contributed by atoms with van der Waals surface area (Å²) in [5, 5.41) is 2.53. The van der Waals surface area contributed by atoms with Crippen LogP contribution in [0.15, 0.2) is 42.5 Å². The van der Waals surface area contributed by atoms with E-state index in [1.165, 1.54) is 25.3 Å². The van der Waals surface area contributed by atoms with Crippen LogP contribution in [0.4, 0.5) is 24.5 Å². The van der Waals surface area contributed by atoms with Crippen molar-refractivity contribution in [2.45, 2.75) is 6.18 Å². The maximum absolute atomic E-state index is 13.1. The van der Waals surface area contributed by atoms with Crippen molar-refractivity contribution in [1.29, 1.82) is 0 Å². The van der Waals surface area contributed by atoms with Crippen LogP contribution in [0.3, 0.4) is 0 Å². The van der Waals surface area contributed by atoms with Crippen molar-refractivity contribution in [3.63, 3.8) is 0 Å². The van der Waals surface area contributed by atoms with Gasteiger partial charge in [0.15, 0.2) is 6.29 Å². The number of anilines is 2. The number of rotatable bonds is 4. The minimum Gasteiger partial charge on any atom is -0.465 e. The van der Waals surface area contributed by atoms with Crippen molar-refractivity contribution >= 4 is 23.6 Å². The third-order valence-corrected chi connectivity index (χ3v) is 3.12. The lowest BCUT2D eigenvalue weighted by molar-refractivity contribution is -0.136. The number of aldehydes is 1. The molecule has 0 heterocycles. The van der Waals surface area contributed by atoms with E-state index in [1.807, 2.05) is 0 Å². The number of methoxy groups -OCH3 is 1. The Morgan fingerprint density at radius 3 is 2.43 bits per heavy atom. The molecule has 0 aliphatic rings. The Bertz CT molecular complexity index is 742. The molecule has 0 saturated carbocycles. The maximum atomic E-state index is 13.1. The van der Waals surface area contributed by atoms with Crippen LogP contribution in [0.25, 0.3) is 0 Å². The highest BCUT2D eigenvalue weighted by atomic mass is 19.4. The Hall–Kier alpha value is -2.83. The number of halogens is 3. The summed E-state index contributed by atoms with van der Waals surface area (Å²) >= 11 is 0. The monoisotopic (exact) mass is 323 g/mol. The molecule has 0 aliphatic carbocycles. The van der Waals surface area contributed by atoms with E-state index in [9.17, 15) is 22.8 Å². The number of benzene rings is 2. The molecule has 120 valence electrons. The van der Waals surface area contributed by atoms with Crippen molar-refractivity contribution in [1.82, 2.24) is 0 Å². The van der Waals surface area contributed by atoms with E-state index in [0.717, 1.165) is 12.1 Å². The molecule has 23 heavy (non-hydrogen) atoms. The minimum atomic E-state index is -4.65. The topological polar surface area (TPSA) is 55.4 Å². The van der Waals surface area contributed by atoms with Gasteiger partial charge in [-0.2, -0.15) is 13.2 Å². The summed E-state index contributed by atoms with van der Waals surface area (Å²) < 4.78 is 44.0. The van der Waals surface area contributed by atoms with Crippen LogP contribution in [0, 0.1) is 0 Å². The van der Waals surface area contributed by atoms with Crippen molar-refractivity contribution in [2.24, 2.45) is 0 Å². The third-order valence-electron chi connectivity index (χ3n) is 3.12. The lowest BCUT2D eigenvalue weighted by atomic mass is 10.1. The van der Waals surface area contributed by atoms with E-state index in [0.29, 0.717) is 6.29 Å². The normalized spacial score (nSPS) is 11.0. The van der Waals surface area contributed by atoms with E-state index in [-0.39, 0.29) is 16.8 Å². The summed E-state index contributed by atoms with van der Waals surface area (Å²) in [7, 11) is 1.17. The van der Waals surface area contributed by atoms with E-state index in [1.54, 1.807) is 12.1 Å². The van der Waals surface area contributed by atoms with Gasteiger partial charge in [0, 0.05) is 5.56 Å². The van der Waals surface area contributed by atoms with E-state index in [4.69, 9.17) is 0 Å². The van der Waals surface area contributed by atoms with Gasteiger partial charge in [0.05, 0.1) is 29.6 Å². The van der Waals surface area contributed by atoms with E-state index >= 15 is 0 Å². The second-order valence-electron chi connectivity index (χ2n) is 4.55. The summed E-state index contributed by atoms with van der Waals surface area (Å²) in [5.41, 5.74) is -1.41. The highest BCUT2D eigenvalue weighted by Gasteiger charge is 2.34. The zero-order valence-electron chi connectivity index (χ0n) is 12.0. The first-order chi connectivity index (χ1) is 10.9. The molecule has 2 rings (SSSR count). The Morgan fingerprint density at radius 2 is 1.83 bits per heavy atom. The van der Waals surface area contributed by atoms with Gasteiger partial charge in [0.25, 0.3) is 0 Å². The van der Waals surface area contributed by atoms with Crippen LogP contribution < -0.4 is 5.32 Å². The summed E-state index contributed by atoms with van der Waals surface area (Å²) in [6.07, 6.45) is -4.33. The molecule has 0 unspecified atom stereocenters. The second-order valence-corrected chi connectivity index (χ2v) is 4.55. The number of para-hydroxylation sites is 2. The predicted octanol–water partition coefficient (Wildman–Crippen LogP) is 4.05. The lowest BCUT2D eigenvalue weighted by Gasteiger charge is -2.17. The van der Waals surface area contributed by atoms with Crippen LogP contribution in [-0.4, -0.2) is 19.4 Å². The first-order valence-electron chi connectivity index (χ1n) is 6.48. The van der Waals surface area contributed by atoms with Gasteiger partial charge < -0.3 is 10.1 Å². The molecule has 4 nitrogen and oxygen atoms in total. The lowest BCUT2D eigenvalue weighted by Crippen LogP contribution is -2.12. The average Bonchev–Trinajstić information content (AvgIpc) is 2.53. The number of ether oxygens (including phenoxy) is 1.